The van der Waals surface area contributed by atoms with E-state index >= 15 is 0 Å². The van der Waals surface area contributed by atoms with Crippen LogP contribution < -0.4 is 4.74 Å². The first-order chi connectivity index (χ1) is 14.3. The summed E-state index contributed by atoms with van der Waals surface area (Å²) in [6.45, 7) is 4.80. The highest BCUT2D eigenvalue weighted by Gasteiger charge is 2.29. The average Bonchev–Trinajstić information content (AvgIpc) is 3.08. The van der Waals surface area contributed by atoms with Gasteiger partial charge in [0.1, 0.15) is 23.0 Å². The maximum absolute atomic E-state index is 13.0. The van der Waals surface area contributed by atoms with Crippen LogP contribution in [0.1, 0.15) is 22.6 Å². The highest BCUT2D eigenvalue weighted by atomic mass is 32.2. The molecule has 0 unspecified atom stereocenters. The summed E-state index contributed by atoms with van der Waals surface area (Å²) in [5.41, 5.74) is 1.91. The number of benzene rings is 1. The highest BCUT2D eigenvalue weighted by molar-refractivity contribution is 7.89. The number of carbonyl (C=O) groups excluding carboxylic acids is 1. The van der Waals surface area contributed by atoms with Crippen LogP contribution in [0.15, 0.2) is 33.7 Å². The molecule has 0 N–H and O–H groups in total. The number of morpholine rings is 1. The number of methoxy groups -OCH3 is 1. The minimum Gasteiger partial charge on any atom is -0.495 e. The lowest BCUT2D eigenvalue weighted by molar-refractivity contribution is -0.138. The second kappa shape index (κ2) is 9.41. The van der Waals surface area contributed by atoms with Gasteiger partial charge in [0.05, 0.1) is 31.6 Å². The van der Waals surface area contributed by atoms with Gasteiger partial charge in [-0.25, -0.2) is 13.2 Å². The summed E-state index contributed by atoms with van der Waals surface area (Å²) in [6.07, 6.45) is 2.73. The fourth-order valence-electron chi connectivity index (χ4n) is 2.99. The first-order valence-electron chi connectivity index (χ1n) is 9.35. The van der Waals surface area contributed by atoms with Gasteiger partial charge >= 0.3 is 5.97 Å². The Balaban J connectivity index is 1.75. The molecule has 0 radical (unpaired) electrons. The molecule has 0 aliphatic carbocycles. The predicted molar refractivity (Wildman–Crippen MR) is 107 cm³/mol. The molecule has 0 spiro atoms. The Morgan fingerprint density at radius 1 is 1.27 bits per heavy atom. The zero-order valence-corrected chi connectivity index (χ0v) is 17.9. The van der Waals surface area contributed by atoms with E-state index in [1.165, 1.54) is 29.6 Å². The molecule has 1 saturated heterocycles. The van der Waals surface area contributed by atoms with Crippen molar-refractivity contribution in [1.29, 1.82) is 0 Å². The van der Waals surface area contributed by atoms with Crippen molar-refractivity contribution in [1.82, 2.24) is 9.46 Å². The topological polar surface area (TPSA) is 108 Å². The number of ether oxygens (including phenoxy) is 3. The van der Waals surface area contributed by atoms with E-state index < -0.39 is 16.0 Å². The van der Waals surface area contributed by atoms with Gasteiger partial charge in [-0.15, -0.1) is 0 Å². The number of aromatic nitrogens is 1. The van der Waals surface area contributed by atoms with Crippen molar-refractivity contribution in [2.45, 2.75) is 25.3 Å². The van der Waals surface area contributed by atoms with Crippen molar-refractivity contribution in [3.63, 3.8) is 0 Å². The summed E-state index contributed by atoms with van der Waals surface area (Å²) < 4.78 is 48.1. The van der Waals surface area contributed by atoms with Gasteiger partial charge in [-0.3, -0.25) is 0 Å². The lowest BCUT2D eigenvalue weighted by atomic mass is 10.2. The minimum absolute atomic E-state index is 0.0399. The molecule has 1 aromatic heterocycles. The summed E-state index contributed by atoms with van der Waals surface area (Å²) in [7, 11) is -2.34. The van der Waals surface area contributed by atoms with E-state index in [0.717, 1.165) is 5.56 Å². The fourth-order valence-corrected chi connectivity index (χ4v) is 4.59. The van der Waals surface area contributed by atoms with E-state index in [1.54, 1.807) is 26.0 Å². The molecule has 0 amide bonds. The van der Waals surface area contributed by atoms with Crippen molar-refractivity contribution < 1.29 is 31.9 Å². The molecule has 0 bridgehead atoms. The molecular formula is C20H24N2O7S. The summed E-state index contributed by atoms with van der Waals surface area (Å²) in [5, 5.41) is 3.81. The van der Waals surface area contributed by atoms with Crippen LogP contribution in [-0.2, 0) is 30.9 Å². The van der Waals surface area contributed by atoms with Crippen LogP contribution in [0, 0.1) is 13.8 Å². The van der Waals surface area contributed by atoms with Crippen LogP contribution in [0.2, 0.25) is 0 Å². The molecule has 1 fully saturated rings. The smallest absolute Gasteiger partial charge is 0.331 e. The molecule has 9 nitrogen and oxygen atoms in total. The Morgan fingerprint density at radius 3 is 2.63 bits per heavy atom. The third kappa shape index (κ3) is 4.89. The van der Waals surface area contributed by atoms with Gasteiger partial charge in [-0.1, -0.05) is 11.2 Å². The Kier molecular flexibility index (Phi) is 6.91. The second-order valence-corrected chi connectivity index (χ2v) is 8.58. The van der Waals surface area contributed by atoms with Crippen LogP contribution in [0.5, 0.6) is 5.75 Å². The van der Waals surface area contributed by atoms with Gasteiger partial charge in [-0.05, 0) is 37.6 Å². The maximum Gasteiger partial charge on any atom is 0.331 e. The number of carbonyl (C=O) groups is 1. The SMILES string of the molecule is COc1ccc(C=CC(=O)OCc2c(C)noc2C)cc1S(=O)(=O)N1CCOCC1. The summed E-state index contributed by atoms with van der Waals surface area (Å²) in [5.74, 6) is 0.264. The molecule has 2 heterocycles. The van der Waals surface area contributed by atoms with Gasteiger partial charge in [0.15, 0.2) is 0 Å². The van der Waals surface area contributed by atoms with E-state index in [0.29, 0.717) is 30.2 Å². The summed E-state index contributed by atoms with van der Waals surface area (Å²) in [6, 6.07) is 4.69. The van der Waals surface area contributed by atoms with Crippen molar-refractivity contribution in [2.24, 2.45) is 0 Å². The van der Waals surface area contributed by atoms with Crippen molar-refractivity contribution in [3.05, 3.63) is 46.9 Å². The Bertz CT molecular complexity index is 1020. The molecule has 1 aromatic carbocycles. The molecule has 30 heavy (non-hydrogen) atoms. The fraction of sp³-hybridized carbons (Fsp3) is 0.400. The Morgan fingerprint density at radius 2 is 2.00 bits per heavy atom. The zero-order chi connectivity index (χ0) is 21.7. The Hall–Kier alpha value is -2.69. The summed E-state index contributed by atoms with van der Waals surface area (Å²) >= 11 is 0. The van der Waals surface area contributed by atoms with Crippen LogP contribution in [-0.4, -0.2) is 57.3 Å². The molecule has 1 aliphatic heterocycles. The largest absolute Gasteiger partial charge is 0.495 e. The van der Waals surface area contributed by atoms with Crippen LogP contribution in [0.4, 0.5) is 0 Å². The van der Waals surface area contributed by atoms with Gasteiger partial charge in [0.25, 0.3) is 0 Å². The van der Waals surface area contributed by atoms with E-state index in [-0.39, 0.29) is 30.3 Å². The number of aryl methyl sites for hydroxylation is 2. The van der Waals surface area contributed by atoms with Crippen LogP contribution in [0.3, 0.4) is 0 Å². The molecule has 162 valence electrons. The first-order valence-corrected chi connectivity index (χ1v) is 10.8. The van der Waals surface area contributed by atoms with Gasteiger partial charge in [0, 0.05) is 19.2 Å². The molecule has 0 saturated carbocycles. The van der Waals surface area contributed by atoms with Crippen molar-refractivity contribution in [2.75, 3.05) is 33.4 Å². The van der Waals surface area contributed by atoms with Crippen LogP contribution >= 0.6 is 0 Å². The number of nitrogens with zero attached hydrogens (tertiary/aromatic N) is 2. The maximum atomic E-state index is 13.0. The second-order valence-electron chi connectivity index (χ2n) is 6.67. The number of rotatable bonds is 7. The molecule has 2 aromatic rings. The van der Waals surface area contributed by atoms with Gasteiger partial charge in [0.2, 0.25) is 10.0 Å². The predicted octanol–water partition coefficient (Wildman–Crippen LogP) is 2.08. The quantitative estimate of drug-likeness (QED) is 0.479. The molecule has 0 atom stereocenters. The minimum atomic E-state index is -3.75. The molecule has 1 aliphatic rings. The zero-order valence-electron chi connectivity index (χ0n) is 17.1. The van der Waals surface area contributed by atoms with E-state index in [9.17, 15) is 13.2 Å². The molecule has 10 heteroatoms. The van der Waals surface area contributed by atoms with Crippen molar-refractivity contribution in [3.8, 4) is 5.75 Å². The van der Waals surface area contributed by atoms with E-state index in [4.69, 9.17) is 18.7 Å². The molecule has 3 rings (SSSR count). The van der Waals surface area contributed by atoms with Gasteiger partial charge in [-0.2, -0.15) is 4.31 Å². The summed E-state index contributed by atoms with van der Waals surface area (Å²) in [4.78, 5) is 12.1. The Labute approximate surface area is 175 Å². The third-order valence-corrected chi connectivity index (χ3v) is 6.65. The van der Waals surface area contributed by atoms with E-state index in [1.807, 2.05) is 0 Å². The van der Waals surface area contributed by atoms with E-state index in [2.05, 4.69) is 5.16 Å². The standard InChI is InChI=1S/C20H24N2O7S/c1-14-17(15(2)29-21-14)13-28-20(23)7-5-16-4-6-18(26-3)19(12-16)30(24,25)22-8-10-27-11-9-22/h4-7,12H,8-11,13H2,1-3H3. The number of hydrogen-bond donors (Lipinski definition) is 0. The number of hydrogen-bond acceptors (Lipinski definition) is 8. The van der Waals surface area contributed by atoms with Gasteiger partial charge < -0.3 is 18.7 Å². The van der Waals surface area contributed by atoms with Crippen LogP contribution in [0.25, 0.3) is 6.08 Å². The third-order valence-electron chi connectivity index (χ3n) is 4.73. The normalized spacial score (nSPS) is 15.4. The number of esters is 1. The average molecular weight is 436 g/mol. The highest BCUT2D eigenvalue weighted by Crippen LogP contribution is 2.29. The molecular weight excluding hydrogens is 412 g/mol. The number of sulfonamides is 1. The first kappa shape index (κ1) is 22.0. The lowest BCUT2D eigenvalue weighted by Gasteiger charge is -2.26. The lowest BCUT2D eigenvalue weighted by Crippen LogP contribution is -2.40. The monoisotopic (exact) mass is 436 g/mol. The van der Waals surface area contributed by atoms with Crippen molar-refractivity contribution >= 4 is 22.1 Å².